The summed E-state index contributed by atoms with van der Waals surface area (Å²) in [6, 6.07) is 4.72. The Labute approximate surface area is 98.8 Å². The van der Waals surface area contributed by atoms with Gasteiger partial charge < -0.3 is 14.8 Å². The number of phenolic OH excluding ortho intramolecular Hbond substituents is 1. The highest BCUT2D eigenvalue weighted by atomic mass is 16.7. The number of carbonyl (C=O) groups excluding carboxylic acids is 2. The summed E-state index contributed by atoms with van der Waals surface area (Å²) in [6.07, 6.45) is -0.703. The Hall–Kier alpha value is -2.24. The molecule has 6 heteroatoms. The first-order valence-electron chi connectivity index (χ1n) is 4.90. The molecule has 0 aliphatic carbocycles. The number of phenols is 1. The van der Waals surface area contributed by atoms with Crippen molar-refractivity contribution < 1.29 is 19.5 Å². The van der Waals surface area contributed by atoms with Crippen molar-refractivity contribution in [1.29, 1.82) is 0 Å². The van der Waals surface area contributed by atoms with E-state index in [4.69, 9.17) is 0 Å². The molecule has 2 N–H and O–H groups in total. The Morgan fingerprint density at radius 3 is 2.59 bits per heavy atom. The number of aromatic hydroxyl groups is 1. The molecule has 92 valence electrons. The molecule has 0 spiro atoms. The summed E-state index contributed by atoms with van der Waals surface area (Å²) < 4.78 is 0. The zero-order valence-electron chi connectivity index (χ0n) is 9.85. The number of para-hydroxylation sites is 1. The molecule has 0 atom stereocenters. The summed E-state index contributed by atoms with van der Waals surface area (Å²) in [5, 5.41) is 9.63. The molecule has 0 bridgehead atoms. The maximum atomic E-state index is 11.6. The molecule has 0 aromatic heterocycles. The van der Waals surface area contributed by atoms with Gasteiger partial charge in [0, 0.05) is 14.1 Å². The Morgan fingerprint density at radius 2 is 2.00 bits per heavy atom. The predicted molar refractivity (Wildman–Crippen MR) is 60.5 cm³/mol. The average Bonchev–Trinajstić information content (AvgIpc) is 2.29. The van der Waals surface area contributed by atoms with E-state index in [2.05, 4.69) is 4.84 Å². The fraction of sp³-hybridized carbons (Fsp3) is 0.273. The van der Waals surface area contributed by atoms with Crippen LogP contribution in [0.4, 0.5) is 4.79 Å². The maximum absolute atomic E-state index is 11.6. The van der Waals surface area contributed by atoms with E-state index in [-0.39, 0.29) is 11.3 Å². The van der Waals surface area contributed by atoms with Gasteiger partial charge in [0.2, 0.25) is 0 Å². The minimum atomic E-state index is -0.703. The predicted octanol–water partition coefficient (Wildman–Crippen LogP) is 1.04. The highest BCUT2D eigenvalue weighted by Gasteiger charge is 2.14. The van der Waals surface area contributed by atoms with Crippen LogP contribution in [-0.4, -0.2) is 36.1 Å². The van der Waals surface area contributed by atoms with Crippen LogP contribution in [0.3, 0.4) is 0 Å². The van der Waals surface area contributed by atoms with Gasteiger partial charge in [0.15, 0.2) is 0 Å². The average molecular weight is 238 g/mol. The van der Waals surface area contributed by atoms with Gasteiger partial charge in [-0.15, -0.1) is 0 Å². The van der Waals surface area contributed by atoms with Crippen LogP contribution in [0.2, 0.25) is 0 Å². The van der Waals surface area contributed by atoms with E-state index in [0.29, 0.717) is 5.56 Å². The summed E-state index contributed by atoms with van der Waals surface area (Å²) in [4.78, 5) is 28.3. The molecule has 1 rings (SSSR count). The number of aryl methyl sites for hydroxylation is 1. The van der Waals surface area contributed by atoms with Crippen LogP contribution >= 0.6 is 0 Å². The number of nitrogens with one attached hydrogen (secondary N) is 1. The van der Waals surface area contributed by atoms with Crippen molar-refractivity contribution in [3.05, 3.63) is 29.3 Å². The number of hydrogen-bond acceptors (Lipinski definition) is 4. The molecule has 0 fully saturated rings. The summed E-state index contributed by atoms with van der Waals surface area (Å²) >= 11 is 0. The molecule has 0 saturated carbocycles. The monoisotopic (exact) mass is 238 g/mol. The van der Waals surface area contributed by atoms with E-state index in [1.807, 2.05) is 5.48 Å². The Balaban J connectivity index is 2.71. The smallest absolute Gasteiger partial charge is 0.433 e. The van der Waals surface area contributed by atoms with Crippen LogP contribution in [0.1, 0.15) is 15.9 Å². The van der Waals surface area contributed by atoms with Gasteiger partial charge in [-0.3, -0.25) is 4.79 Å². The van der Waals surface area contributed by atoms with Crippen molar-refractivity contribution in [3.8, 4) is 5.75 Å². The van der Waals surface area contributed by atoms with Crippen LogP contribution in [-0.2, 0) is 4.84 Å². The SMILES string of the molecule is Cc1cccc(C(=O)NOC(=O)N(C)C)c1O. The molecule has 0 saturated heterocycles. The third-order valence-corrected chi connectivity index (χ3v) is 2.08. The van der Waals surface area contributed by atoms with Gasteiger partial charge in [-0.25, -0.2) is 4.79 Å². The number of carbonyl (C=O) groups is 2. The fourth-order valence-electron chi connectivity index (χ4n) is 1.08. The van der Waals surface area contributed by atoms with E-state index in [9.17, 15) is 14.7 Å². The molecule has 0 radical (unpaired) electrons. The molecule has 0 aliphatic heterocycles. The summed E-state index contributed by atoms with van der Waals surface area (Å²) in [7, 11) is 2.97. The molecule has 0 unspecified atom stereocenters. The number of hydroxylamine groups is 1. The standard InChI is InChI=1S/C11H14N2O4/c1-7-5-4-6-8(9(7)14)10(15)12-17-11(16)13(2)3/h4-6,14H,1-3H3,(H,12,15). The van der Waals surface area contributed by atoms with Crippen molar-refractivity contribution in [2.24, 2.45) is 0 Å². The molecular formula is C11H14N2O4. The number of hydrogen-bond donors (Lipinski definition) is 2. The maximum Gasteiger partial charge on any atom is 0.433 e. The highest BCUT2D eigenvalue weighted by Crippen LogP contribution is 2.20. The van der Waals surface area contributed by atoms with Crippen LogP contribution in [0.15, 0.2) is 18.2 Å². The summed E-state index contributed by atoms with van der Waals surface area (Å²) in [5.74, 6) is -0.813. The molecule has 6 nitrogen and oxygen atoms in total. The van der Waals surface area contributed by atoms with E-state index < -0.39 is 12.0 Å². The first-order chi connectivity index (χ1) is 7.93. The van der Waals surface area contributed by atoms with Crippen molar-refractivity contribution >= 4 is 12.0 Å². The Bertz CT molecular complexity index is 443. The van der Waals surface area contributed by atoms with Crippen molar-refractivity contribution in [1.82, 2.24) is 10.4 Å². The summed E-state index contributed by atoms with van der Waals surface area (Å²) in [6.45, 7) is 1.66. The second-order valence-electron chi connectivity index (χ2n) is 3.66. The van der Waals surface area contributed by atoms with Gasteiger partial charge in [-0.05, 0) is 18.6 Å². The molecule has 1 aromatic carbocycles. The molecular weight excluding hydrogens is 224 g/mol. The molecule has 0 heterocycles. The molecule has 2 amide bonds. The zero-order chi connectivity index (χ0) is 13.0. The second kappa shape index (κ2) is 5.20. The number of benzene rings is 1. The van der Waals surface area contributed by atoms with Crippen LogP contribution in [0.25, 0.3) is 0 Å². The minimum Gasteiger partial charge on any atom is -0.507 e. The molecule has 0 aliphatic rings. The van der Waals surface area contributed by atoms with E-state index in [1.165, 1.54) is 20.2 Å². The van der Waals surface area contributed by atoms with E-state index >= 15 is 0 Å². The van der Waals surface area contributed by atoms with Gasteiger partial charge in [-0.2, -0.15) is 5.48 Å². The quantitative estimate of drug-likeness (QED) is 0.716. The van der Waals surface area contributed by atoms with Gasteiger partial charge >= 0.3 is 6.09 Å². The Kier molecular flexibility index (Phi) is 3.92. The van der Waals surface area contributed by atoms with Gasteiger partial charge in [0.1, 0.15) is 5.75 Å². The largest absolute Gasteiger partial charge is 0.507 e. The highest BCUT2D eigenvalue weighted by molar-refractivity contribution is 5.97. The third kappa shape index (κ3) is 3.10. The van der Waals surface area contributed by atoms with Gasteiger partial charge in [-0.1, -0.05) is 12.1 Å². The number of rotatable bonds is 1. The molecule has 1 aromatic rings. The lowest BCUT2D eigenvalue weighted by Gasteiger charge is -2.11. The lowest BCUT2D eigenvalue weighted by molar-refractivity contribution is 0.0477. The number of nitrogens with zero attached hydrogens (tertiary/aromatic N) is 1. The normalized spacial score (nSPS) is 9.59. The minimum absolute atomic E-state index is 0.0524. The van der Waals surface area contributed by atoms with E-state index in [0.717, 1.165) is 4.90 Å². The van der Waals surface area contributed by atoms with E-state index in [1.54, 1.807) is 19.1 Å². The second-order valence-corrected chi connectivity index (χ2v) is 3.66. The lowest BCUT2D eigenvalue weighted by atomic mass is 10.1. The van der Waals surface area contributed by atoms with Crippen LogP contribution < -0.4 is 5.48 Å². The topological polar surface area (TPSA) is 78.9 Å². The van der Waals surface area contributed by atoms with Crippen molar-refractivity contribution in [2.75, 3.05) is 14.1 Å². The van der Waals surface area contributed by atoms with Crippen molar-refractivity contribution in [2.45, 2.75) is 6.92 Å². The molecule has 17 heavy (non-hydrogen) atoms. The van der Waals surface area contributed by atoms with Crippen LogP contribution in [0.5, 0.6) is 5.75 Å². The summed E-state index contributed by atoms with van der Waals surface area (Å²) in [5.41, 5.74) is 2.58. The lowest BCUT2D eigenvalue weighted by Crippen LogP contribution is -2.33. The zero-order valence-corrected chi connectivity index (χ0v) is 9.85. The van der Waals surface area contributed by atoms with Crippen molar-refractivity contribution in [3.63, 3.8) is 0 Å². The Morgan fingerprint density at radius 1 is 1.35 bits per heavy atom. The fourth-order valence-corrected chi connectivity index (χ4v) is 1.08. The van der Waals surface area contributed by atoms with Gasteiger partial charge in [0.25, 0.3) is 5.91 Å². The first-order valence-corrected chi connectivity index (χ1v) is 4.90. The van der Waals surface area contributed by atoms with Crippen LogP contribution in [0, 0.1) is 6.92 Å². The first kappa shape index (κ1) is 12.8. The third-order valence-electron chi connectivity index (χ3n) is 2.08. The number of amides is 2. The van der Waals surface area contributed by atoms with Gasteiger partial charge in [0.05, 0.1) is 5.56 Å².